The molecule has 0 spiro atoms. The number of para-hydroxylation sites is 1. The van der Waals surface area contributed by atoms with E-state index in [1.54, 1.807) is 6.07 Å². The molecule has 0 amide bonds. The second-order valence-electron chi connectivity index (χ2n) is 6.52. The lowest BCUT2D eigenvalue weighted by Crippen LogP contribution is -2.18. The predicted molar refractivity (Wildman–Crippen MR) is 107 cm³/mol. The number of hydrogen-bond donors (Lipinski definition) is 1. The van der Waals surface area contributed by atoms with Crippen molar-refractivity contribution < 1.29 is 5.11 Å². The molecule has 0 radical (unpaired) electrons. The molecule has 1 N–H and O–H groups in total. The van der Waals surface area contributed by atoms with Gasteiger partial charge in [0.1, 0.15) is 5.75 Å². The standard InChI is InChI=1S/C22H19ClN2O/c1-15-6-8-16(9-7-15)21-14-20(19-4-2-3-5-22(19)26)24-25(21)18-12-10-17(23)11-13-18/h2-13,21,26H,14H2,1H3. The van der Waals surface area contributed by atoms with E-state index in [0.717, 1.165) is 23.4 Å². The number of aryl methyl sites for hydroxylation is 1. The minimum Gasteiger partial charge on any atom is -0.507 e. The van der Waals surface area contributed by atoms with Crippen molar-refractivity contribution >= 4 is 23.0 Å². The van der Waals surface area contributed by atoms with Crippen molar-refractivity contribution in [1.82, 2.24) is 0 Å². The van der Waals surface area contributed by atoms with Crippen molar-refractivity contribution in [2.75, 3.05) is 5.01 Å². The van der Waals surface area contributed by atoms with Crippen molar-refractivity contribution in [1.29, 1.82) is 0 Å². The highest BCUT2D eigenvalue weighted by Gasteiger charge is 2.30. The van der Waals surface area contributed by atoms with Crippen LogP contribution < -0.4 is 5.01 Å². The van der Waals surface area contributed by atoms with Gasteiger partial charge in [-0.15, -0.1) is 0 Å². The van der Waals surface area contributed by atoms with Gasteiger partial charge in [0.2, 0.25) is 0 Å². The fraction of sp³-hybridized carbons (Fsp3) is 0.136. The van der Waals surface area contributed by atoms with Crippen molar-refractivity contribution in [2.24, 2.45) is 5.10 Å². The first-order valence-corrected chi connectivity index (χ1v) is 8.97. The van der Waals surface area contributed by atoms with Crippen LogP contribution in [0.5, 0.6) is 5.75 Å². The predicted octanol–water partition coefficient (Wildman–Crippen LogP) is 5.71. The summed E-state index contributed by atoms with van der Waals surface area (Å²) in [5, 5.41) is 17.8. The first kappa shape index (κ1) is 16.7. The van der Waals surface area contributed by atoms with E-state index in [4.69, 9.17) is 16.7 Å². The van der Waals surface area contributed by atoms with Crippen molar-refractivity contribution in [2.45, 2.75) is 19.4 Å². The maximum Gasteiger partial charge on any atom is 0.124 e. The molecule has 1 heterocycles. The van der Waals surface area contributed by atoms with Gasteiger partial charge in [-0.25, -0.2) is 0 Å². The third kappa shape index (κ3) is 3.18. The molecule has 3 aromatic rings. The molecule has 130 valence electrons. The van der Waals surface area contributed by atoms with Crippen LogP contribution in [0.25, 0.3) is 0 Å². The Kier molecular flexibility index (Phi) is 4.39. The van der Waals surface area contributed by atoms with Gasteiger partial charge in [0, 0.05) is 17.0 Å². The molecule has 3 aromatic carbocycles. The Morgan fingerprint density at radius 1 is 0.962 bits per heavy atom. The van der Waals surface area contributed by atoms with Crippen LogP contribution in [0.1, 0.15) is 29.2 Å². The van der Waals surface area contributed by atoms with Crippen LogP contribution in [-0.4, -0.2) is 10.8 Å². The van der Waals surface area contributed by atoms with Crippen LogP contribution in [0.15, 0.2) is 77.9 Å². The smallest absolute Gasteiger partial charge is 0.124 e. The Hall–Kier alpha value is -2.78. The molecule has 0 aromatic heterocycles. The van der Waals surface area contributed by atoms with Crippen molar-refractivity contribution in [3.8, 4) is 5.75 Å². The number of halogens is 1. The molecule has 4 heteroatoms. The summed E-state index contributed by atoms with van der Waals surface area (Å²) >= 11 is 6.05. The van der Waals surface area contributed by atoms with Gasteiger partial charge in [-0.05, 0) is 48.9 Å². The van der Waals surface area contributed by atoms with Crippen LogP contribution in [0.3, 0.4) is 0 Å². The first-order chi connectivity index (χ1) is 12.6. The molecule has 4 rings (SSSR count). The fourth-order valence-electron chi connectivity index (χ4n) is 3.27. The number of aromatic hydroxyl groups is 1. The maximum absolute atomic E-state index is 10.2. The van der Waals surface area contributed by atoms with Crippen LogP contribution in [0.4, 0.5) is 5.69 Å². The summed E-state index contributed by atoms with van der Waals surface area (Å²) in [6.45, 7) is 2.08. The van der Waals surface area contributed by atoms with E-state index in [1.807, 2.05) is 47.5 Å². The third-order valence-electron chi connectivity index (χ3n) is 4.68. The molecular weight excluding hydrogens is 344 g/mol. The van der Waals surface area contributed by atoms with Gasteiger partial charge in [-0.2, -0.15) is 5.10 Å². The number of phenols is 1. The fourth-order valence-corrected chi connectivity index (χ4v) is 3.40. The third-order valence-corrected chi connectivity index (χ3v) is 4.93. The number of anilines is 1. The average molecular weight is 363 g/mol. The lowest BCUT2D eigenvalue weighted by Gasteiger charge is -2.24. The van der Waals surface area contributed by atoms with E-state index in [-0.39, 0.29) is 11.8 Å². The summed E-state index contributed by atoms with van der Waals surface area (Å²) < 4.78 is 0. The van der Waals surface area contributed by atoms with E-state index in [9.17, 15) is 5.11 Å². The molecule has 1 unspecified atom stereocenters. The van der Waals surface area contributed by atoms with Gasteiger partial charge in [0.05, 0.1) is 17.4 Å². The lowest BCUT2D eigenvalue weighted by atomic mass is 9.97. The summed E-state index contributed by atoms with van der Waals surface area (Å²) in [6.07, 6.45) is 0.725. The molecular formula is C22H19ClN2O. The van der Waals surface area contributed by atoms with E-state index in [2.05, 4.69) is 31.2 Å². The summed E-state index contributed by atoms with van der Waals surface area (Å²) in [4.78, 5) is 0. The molecule has 0 fully saturated rings. The minimum absolute atomic E-state index is 0.0754. The summed E-state index contributed by atoms with van der Waals surface area (Å²) in [5.74, 6) is 0.256. The normalized spacial score (nSPS) is 16.6. The maximum atomic E-state index is 10.2. The highest BCUT2D eigenvalue weighted by molar-refractivity contribution is 6.30. The zero-order valence-electron chi connectivity index (χ0n) is 14.4. The molecule has 3 nitrogen and oxygen atoms in total. The van der Waals surface area contributed by atoms with E-state index in [1.165, 1.54) is 11.1 Å². The van der Waals surface area contributed by atoms with Gasteiger partial charge in [-0.1, -0.05) is 53.6 Å². The molecule has 26 heavy (non-hydrogen) atoms. The van der Waals surface area contributed by atoms with E-state index < -0.39 is 0 Å². The average Bonchev–Trinajstić information content (AvgIpc) is 3.08. The summed E-state index contributed by atoms with van der Waals surface area (Å²) in [5.41, 5.74) is 5.06. The molecule has 1 atom stereocenters. The number of rotatable bonds is 3. The van der Waals surface area contributed by atoms with Crippen LogP contribution >= 0.6 is 11.6 Å². The van der Waals surface area contributed by atoms with Gasteiger partial charge in [0.25, 0.3) is 0 Å². The monoisotopic (exact) mass is 362 g/mol. The molecule has 1 aliphatic heterocycles. The van der Waals surface area contributed by atoms with Crippen molar-refractivity contribution in [3.63, 3.8) is 0 Å². The highest BCUT2D eigenvalue weighted by atomic mass is 35.5. The summed E-state index contributed by atoms with van der Waals surface area (Å²) in [6, 6.07) is 23.6. The number of hydrazone groups is 1. The Morgan fingerprint density at radius 2 is 1.65 bits per heavy atom. The topological polar surface area (TPSA) is 35.8 Å². The Balaban J connectivity index is 1.77. The highest BCUT2D eigenvalue weighted by Crippen LogP contribution is 2.38. The Bertz CT molecular complexity index is 949. The van der Waals surface area contributed by atoms with Crippen LogP contribution in [0, 0.1) is 6.92 Å². The number of hydrogen-bond acceptors (Lipinski definition) is 3. The quantitative estimate of drug-likeness (QED) is 0.647. The van der Waals surface area contributed by atoms with Gasteiger partial charge >= 0.3 is 0 Å². The molecule has 0 bridgehead atoms. The zero-order valence-corrected chi connectivity index (χ0v) is 15.2. The van der Waals surface area contributed by atoms with Gasteiger partial charge in [-0.3, -0.25) is 5.01 Å². The molecule has 0 saturated carbocycles. The first-order valence-electron chi connectivity index (χ1n) is 8.59. The zero-order chi connectivity index (χ0) is 18.1. The number of nitrogens with zero attached hydrogens (tertiary/aromatic N) is 2. The largest absolute Gasteiger partial charge is 0.507 e. The number of phenolic OH excluding ortho intramolecular Hbond substituents is 1. The summed E-state index contributed by atoms with van der Waals surface area (Å²) in [7, 11) is 0. The second kappa shape index (κ2) is 6.85. The lowest BCUT2D eigenvalue weighted by molar-refractivity contribution is 0.474. The Morgan fingerprint density at radius 3 is 2.35 bits per heavy atom. The molecule has 1 aliphatic rings. The van der Waals surface area contributed by atoms with E-state index in [0.29, 0.717) is 5.02 Å². The molecule has 0 saturated heterocycles. The van der Waals surface area contributed by atoms with Crippen LogP contribution in [0.2, 0.25) is 5.02 Å². The van der Waals surface area contributed by atoms with E-state index >= 15 is 0 Å². The van der Waals surface area contributed by atoms with Gasteiger partial charge in [0.15, 0.2) is 0 Å². The minimum atomic E-state index is 0.0754. The van der Waals surface area contributed by atoms with Gasteiger partial charge < -0.3 is 5.11 Å². The second-order valence-corrected chi connectivity index (χ2v) is 6.95. The Labute approximate surface area is 158 Å². The van der Waals surface area contributed by atoms with Crippen molar-refractivity contribution in [3.05, 3.63) is 94.5 Å². The number of benzene rings is 3. The SMILES string of the molecule is Cc1ccc(C2CC(c3ccccc3O)=NN2c2ccc(Cl)cc2)cc1. The van der Waals surface area contributed by atoms with Crippen LogP contribution in [-0.2, 0) is 0 Å². The molecule has 0 aliphatic carbocycles.